The maximum absolute atomic E-state index is 6.01. The van der Waals surface area contributed by atoms with Gasteiger partial charge in [-0.25, -0.2) is 0 Å². The summed E-state index contributed by atoms with van der Waals surface area (Å²) in [5, 5.41) is 3.97. The van der Waals surface area contributed by atoms with Crippen LogP contribution in [-0.4, -0.2) is 4.99 Å². The number of nitrogens with one attached hydrogen (secondary N) is 1. The van der Waals surface area contributed by atoms with Gasteiger partial charge in [0.25, 0.3) is 0 Å². The number of nitrogens with two attached hydrogens (primary N) is 1. The molecule has 0 fully saturated rings. The van der Waals surface area contributed by atoms with Gasteiger partial charge in [0.2, 0.25) is 0 Å². The third-order valence-corrected chi connectivity index (χ3v) is 3.78. The zero-order chi connectivity index (χ0) is 14.0. The fourth-order valence-corrected chi connectivity index (χ4v) is 2.41. The van der Waals surface area contributed by atoms with E-state index in [2.05, 4.69) is 21.2 Å². The molecule has 0 bridgehead atoms. The molecule has 2 rings (SSSR count). The van der Waals surface area contributed by atoms with Gasteiger partial charge in [0.15, 0.2) is 0 Å². The summed E-state index contributed by atoms with van der Waals surface area (Å²) in [5.41, 5.74) is 9.42. The topological polar surface area (TPSA) is 38.0 Å². The minimum Gasteiger partial charge on any atom is -0.389 e. The van der Waals surface area contributed by atoms with Gasteiger partial charge in [-0.05, 0) is 58.7 Å². The van der Waals surface area contributed by atoms with Crippen LogP contribution in [0.25, 0.3) is 0 Å². The molecule has 2 aromatic carbocycles. The maximum Gasteiger partial charge on any atom is 0.106 e. The minimum absolute atomic E-state index is 0.362. The van der Waals surface area contributed by atoms with Crippen molar-refractivity contribution in [2.45, 2.75) is 6.92 Å². The summed E-state index contributed by atoms with van der Waals surface area (Å²) < 4.78 is 0.923. The second-order valence-corrected chi connectivity index (χ2v) is 5.89. The van der Waals surface area contributed by atoms with Crippen LogP contribution in [-0.2, 0) is 0 Å². The molecule has 0 aliphatic carbocycles. The number of anilines is 2. The molecule has 0 amide bonds. The summed E-state index contributed by atoms with van der Waals surface area (Å²) in [4.78, 5) is 0.362. The lowest BCUT2D eigenvalue weighted by molar-refractivity contribution is 1.43. The number of hydrogen-bond acceptors (Lipinski definition) is 2. The normalized spacial score (nSPS) is 10.3. The SMILES string of the molecule is Cc1ccc(C(N)=S)c(Nc2cc(Cl)ccc2Br)c1. The summed E-state index contributed by atoms with van der Waals surface area (Å²) in [7, 11) is 0. The van der Waals surface area contributed by atoms with Crippen LogP contribution >= 0.6 is 39.7 Å². The number of rotatable bonds is 3. The van der Waals surface area contributed by atoms with Crippen molar-refractivity contribution in [3.05, 3.63) is 57.0 Å². The van der Waals surface area contributed by atoms with Crippen molar-refractivity contribution in [1.29, 1.82) is 0 Å². The third-order valence-electron chi connectivity index (χ3n) is 2.64. The van der Waals surface area contributed by atoms with Crippen molar-refractivity contribution in [1.82, 2.24) is 0 Å². The van der Waals surface area contributed by atoms with Gasteiger partial charge in [-0.1, -0.05) is 29.9 Å². The van der Waals surface area contributed by atoms with Gasteiger partial charge in [-0.2, -0.15) is 0 Å². The van der Waals surface area contributed by atoms with Crippen LogP contribution in [0.15, 0.2) is 40.9 Å². The number of halogens is 2. The lowest BCUT2D eigenvalue weighted by Crippen LogP contribution is -2.12. The lowest BCUT2D eigenvalue weighted by Gasteiger charge is -2.13. The largest absolute Gasteiger partial charge is 0.389 e. The van der Waals surface area contributed by atoms with E-state index < -0.39 is 0 Å². The number of benzene rings is 2. The highest BCUT2D eigenvalue weighted by Crippen LogP contribution is 2.30. The first-order chi connectivity index (χ1) is 8.97. The molecule has 2 nitrogen and oxygen atoms in total. The Morgan fingerprint density at radius 2 is 1.95 bits per heavy atom. The van der Waals surface area contributed by atoms with Gasteiger partial charge in [0.1, 0.15) is 4.99 Å². The average Bonchev–Trinajstić information content (AvgIpc) is 2.33. The average molecular weight is 356 g/mol. The highest BCUT2D eigenvalue weighted by Gasteiger charge is 2.08. The highest BCUT2D eigenvalue weighted by molar-refractivity contribution is 9.10. The Labute approximate surface area is 131 Å². The lowest BCUT2D eigenvalue weighted by atomic mass is 10.1. The highest BCUT2D eigenvalue weighted by atomic mass is 79.9. The molecule has 0 radical (unpaired) electrons. The predicted molar refractivity (Wildman–Crippen MR) is 89.5 cm³/mol. The van der Waals surface area contributed by atoms with Crippen molar-refractivity contribution in [2.75, 3.05) is 5.32 Å². The van der Waals surface area contributed by atoms with E-state index in [1.165, 1.54) is 0 Å². The van der Waals surface area contributed by atoms with Crippen molar-refractivity contribution in [2.24, 2.45) is 5.73 Å². The quantitative estimate of drug-likeness (QED) is 0.778. The molecular formula is C14H12BrClN2S. The van der Waals surface area contributed by atoms with Gasteiger partial charge in [-0.15, -0.1) is 0 Å². The Morgan fingerprint density at radius 1 is 1.21 bits per heavy atom. The van der Waals surface area contributed by atoms with E-state index in [1.54, 1.807) is 0 Å². The van der Waals surface area contributed by atoms with Crippen LogP contribution in [0.4, 0.5) is 11.4 Å². The molecule has 2 aromatic rings. The van der Waals surface area contributed by atoms with E-state index in [1.807, 2.05) is 43.3 Å². The fourth-order valence-electron chi connectivity index (χ4n) is 1.71. The first-order valence-corrected chi connectivity index (χ1v) is 7.18. The van der Waals surface area contributed by atoms with Crippen molar-refractivity contribution >= 4 is 56.1 Å². The summed E-state index contributed by atoms with van der Waals surface area (Å²) in [6.45, 7) is 2.02. The Morgan fingerprint density at radius 3 is 2.63 bits per heavy atom. The minimum atomic E-state index is 0.362. The van der Waals surface area contributed by atoms with Crippen LogP contribution in [0.5, 0.6) is 0 Å². The zero-order valence-corrected chi connectivity index (χ0v) is 13.4. The number of thiocarbonyl (C=S) groups is 1. The second kappa shape index (κ2) is 5.90. The van der Waals surface area contributed by atoms with Crippen LogP contribution in [0.2, 0.25) is 5.02 Å². The first-order valence-electron chi connectivity index (χ1n) is 5.60. The third kappa shape index (κ3) is 3.47. The maximum atomic E-state index is 6.01. The molecule has 5 heteroatoms. The van der Waals surface area contributed by atoms with Crippen LogP contribution in [0.3, 0.4) is 0 Å². The van der Waals surface area contributed by atoms with E-state index in [-0.39, 0.29) is 0 Å². The summed E-state index contributed by atoms with van der Waals surface area (Å²) in [5.74, 6) is 0. The van der Waals surface area contributed by atoms with E-state index in [0.717, 1.165) is 27.0 Å². The predicted octanol–water partition coefficient (Wildman–Crippen LogP) is 4.79. The molecule has 98 valence electrons. The molecule has 0 heterocycles. The molecule has 0 atom stereocenters. The molecular weight excluding hydrogens is 344 g/mol. The molecule has 0 spiro atoms. The summed E-state index contributed by atoms with van der Waals surface area (Å²) >= 11 is 14.6. The Kier molecular flexibility index (Phi) is 4.45. The van der Waals surface area contributed by atoms with Gasteiger partial charge < -0.3 is 11.1 Å². The molecule has 3 N–H and O–H groups in total. The van der Waals surface area contributed by atoms with E-state index in [9.17, 15) is 0 Å². The van der Waals surface area contributed by atoms with E-state index >= 15 is 0 Å². The van der Waals surface area contributed by atoms with E-state index in [0.29, 0.717) is 10.0 Å². The van der Waals surface area contributed by atoms with Gasteiger partial charge in [-0.3, -0.25) is 0 Å². The zero-order valence-electron chi connectivity index (χ0n) is 10.2. The monoisotopic (exact) mass is 354 g/mol. The van der Waals surface area contributed by atoms with E-state index in [4.69, 9.17) is 29.6 Å². The van der Waals surface area contributed by atoms with Crippen LogP contribution < -0.4 is 11.1 Å². The Bertz CT molecular complexity index is 643. The smallest absolute Gasteiger partial charge is 0.106 e. The first kappa shape index (κ1) is 14.3. The van der Waals surface area contributed by atoms with Crippen molar-refractivity contribution < 1.29 is 0 Å². The Balaban J connectivity index is 2.45. The van der Waals surface area contributed by atoms with Gasteiger partial charge >= 0.3 is 0 Å². The molecule has 0 unspecified atom stereocenters. The summed E-state index contributed by atoms with van der Waals surface area (Å²) in [6, 6.07) is 11.5. The molecule has 0 aliphatic rings. The van der Waals surface area contributed by atoms with Gasteiger partial charge in [0, 0.05) is 20.7 Å². The summed E-state index contributed by atoms with van der Waals surface area (Å²) in [6.07, 6.45) is 0. The second-order valence-electron chi connectivity index (χ2n) is 4.16. The molecule has 0 saturated heterocycles. The molecule has 0 aromatic heterocycles. The van der Waals surface area contributed by atoms with Crippen molar-refractivity contribution in [3.8, 4) is 0 Å². The fraction of sp³-hybridized carbons (Fsp3) is 0.0714. The van der Waals surface area contributed by atoms with Gasteiger partial charge in [0.05, 0.1) is 5.69 Å². The molecule has 0 aliphatic heterocycles. The number of aryl methyl sites for hydroxylation is 1. The number of hydrogen-bond donors (Lipinski definition) is 2. The molecule has 19 heavy (non-hydrogen) atoms. The molecule has 0 saturated carbocycles. The standard InChI is InChI=1S/C14H12BrClN2S/c1-8-2-4-10(14(17)19)12(6-8)18-13-7-9(16)3-5-11(13)15/h2-7,18H,1H3,(H2,17,19). The van der Waals surface area contributed by atoms with Crippen LogP contribution in [0, 0.1) is 6.92 Å². The van der Waals surface area contributed by atoms with Crippen molar-refractivity contribution in [3.63, 3.8) is 0 Å². The van der Waals surface area contributed by atoms with Crippen LogP contribution in [0.1, 0.15) is 11.1 Å². The Hall–Kier alpha value is -1.10.